The van der Waals surface area contributed by atoms with Crippen molar-refractivity contribution in [2.24, 2.45) is 11.7 Å². The standard InChI is InChI=1S/C11H16N2O2S/c1-7(12)11-13-9(6-16-11)10(14)8-2-4-15-5-3-8/h6-8H,2-5,12H2,1H3. The van der Waals surface area contributed by atoms with Gasteiger partial charge >= 0.3 is 0 Å². The van der Waals surface area contributed by atoms with E-state index in [1.807, 2.05) is 12.3 Å². The van der Waals surface area contributed by atoms with Gasteiger partial charge in [-0.05, 0) is 19.8 Å². The highest BCUT2D eigenvalue weighted by atomic mass is 32.1. The maximum absolute atomic E-state index is 12.1. The zero-order valence-electron chi connectivity index (χ0n) is 9.31. The van der Waals surface area contributed by atoms with Crippen molar-refractivity contribution in [3.8, 4) is 0 Å². The number of carbonyl (C=O) groups is 1. The van der Waals surface area contributed by atoms with Gasteiger partial charge < -0.3 is 10.5 Å². The van der Waals surface area contributed by atoms with Crippen LogP contribution in [0.15, 0.2) is 5.38 Å². The van der Waals surface area contributed by atoms with Gasteiger partial charge in [-0.2, -0.15) is 0 Å². The lowest BCUT2D eigenvalue weighted by atomic mass is 9.94. The zero-order valence-corrected chi connectivity index (χ0v) is 10.1. The number of hydrogen-bond donors (Lipinski definition) is 1. The fourth-order valence-electron chi connectivity index (χ4n) is 1.78. The van der Waals surface area contributed by atoms with E-state index >= 15 is 0 Å². The molecule has 2 N–H and O–H groups in total. The topological polar surface area (TPSA) is 65.2 Å². The number of aromatic nitrogens is 1. The molecule has 88 valence electrons. The Labute approximate surface area is 98.8 Å². The molecule has 1 aromatic heterocycles. The minimum absolute atomic E-state index is 0.0804. The molecule has 16 heavy (non-hydrogen) atoms. The van der Waals surface area contributed by atoms with Gasteiger partial charge in [-0.3, -0.25) is 4.79 Å². The van der Waals surface area contributed by atoms with Crippen LogP contribution in [0.25, 0.3) is 0 Å². The van der Waals surface area contributed by atoms with Crippen molar-refractivity contribution in [2.75, 3.05) is 13.2 Å². The van der Waals surface area contributed by atoms with Crippen molar-refractivity contribution in [3.05, 3.63) is 16.1 Å². The highest BCUT2D eigenvalue weighted by molar-refractivity contribution is 7.09. The number of Topliss-reactive ketones (excluding diaryl/α,β-unsaturated/α-hetero) is 1. The molecule has 1 aliphatic heterocycles. The van der Waals surface area contributed by atoms with E-state index in [1.165, 1.54) is 11.3 Å². The Morgan fingerprint density at radius 2 is 2.31 bits per heavy atom. The lowest BCUT2D eigenvalue weighted by Crippen LogP contribution is -2.23. The normalized spacial score (nSPS) is 19.6. The van der Waals surface area contributed by atoms with Crippen molar-refractivity contribution in [1.29, 1.82) is 0 Å². The molecule has 1 aliphatic rings. The van der Waals surface area contributed by atoms with E-state index in [0.717, 1.165) is 17.8 Å². The molecule has 0 aliphatic carbocycles. The van der Waals surface area contributed by atoms with E-state index in [9.17, 15) is 4.79 Å². The number of ketones is 1. The van der Waals surface area contributed by atoms with Crippen LogP contribution in [0.1, 0.15) is 41.3 Å². The summed E-state index contributed by atoms with van der Waals surface area (Å²) in [4.78, 5) is 16.4. The van der Waals surface area contributed by atoms with Gasteiger partial charge in [0.2, 0.25) is 0 Å². The van der Waals surface area contributed by atoms with E-state index in [4.69, 9.17) is 10.5 Å². The quantitative estimate of drug-likeness (QED) is 0.818. The summed E-state index contributed by atoms with van der Waals surface area (Å²) in [6.07, 6.45) is 1.62. The largest absolute Gasteiger partial charge is 0.381 e. The third kappa shape index (κ3) is 2.48. The number of rotatable bonds is 3. The number of hydrogen-bond acceptors (Lipinski definition) is 5. The first-order chi connectivity index (χ1) is 7.68. The summed E-state index contributed by atoms with van der Waals surface area (Å²) in [5.74, 6) is 0.225. The molecular weight excluding hydrogens is 224 g/mol. The molecule has 2 rings (SSSR count). The minimum atomic E-state index is -0.0961. The average Bonchev–Trinajstić information content (AvgIpc) is 2.78. The van der Waals surface area contributed by atoms with Gasteiger partial charge in [0.05, 0.1) is 6.04 Å². The van der Waals surface area contributed by atoms with Crippen molar-refractivity contribution in [2.45, 2.75) is 25.8 Å². The smallest absolute Gasteiger partial charge is 0.185 e. The first kappa shape index (κ1) is 11.7. The molecule has 1 atom stereocenters. The van der Waals surface area contributed by atoms with Crippen LogP contribution in [0, 0.1) is 5.92 Å². The van der Waals surface area contributed by atoms with E-state index in [0.29, 0.717) is 18.9 Å². The summed E-state index contributed by atoms with van der Waals surface area (Å²) in [5, 5.41) is 2.65. The number of nitrogens with two attached hydrogens (primary N) is 1. The maximum Gasteiger partial charge on any atom is 0.185 e. The van der Waals surface area contributed by atoms with Gasteiger partial charge in [0, 0.05) is 24.5 Å². The van der Waals surface area contributed by atoms with E-state index in [2.05, 4.69) is 4.98 Å². The van der Waals surface area contributed by atoms with Crippen LogP contribution in [0.2, 0.25) is 0 Å². The fraction of sp³-hybridized carbons (Fsp3) is 0.636. The molecular formula is C11H16N2O2S. The second-order valence-corrected chi connectivity index (χ2v) is 5.00. The van der Waals surface area contributed by atoms with E-state index < -0.39 is 0 Å². The van der Waals surface area contributed by atoms with Crippen LogP contribution in [-0.4, -0.2) is 24.0 Å². The van der Waals surface area contributed by atoms with Crippen LogP contribution in [0.4, 0.5) is 0 Å². The maximum atomic E-state index is 12.1. The van der Waals surface area contributed by atoms with Gasteiger partial charge in [0.15, 0.2) is 5.78 Å². The molecule has 5 heteroatoms. The first-order valence-electron chi connectivity index (χ1n) is 5.51. The van der Waals surface area contributed by atoms with Crippen molar-refractivity contribution in [3.63, 3.8) is 0 Å². The summed E-state index contributed by atoms with van der Waals surface area (Å²) < 4.78 is 5.24. The fourth-order valence-corrected chi connectivity index (χ4v) is 2.55. The summed E-state index contributed by atoms with van der Waals surface area (Å²) in [5.41, 5.74) is 6.30. The predicted molar refractivity (Wildman–Crippen MR) is 62.6 cm³/mol. The van der Waals surface area contributed by atoms with Crippen molar-refractivity contribution >= 4 is 17.1 Å². The molecule has 0 amide bonds. The average molecular weight is 240 g/mol. The summed E-state index contributed by atoms with van der Waals surface area (Å²) >= 11 is 1.46. The predicted octanol–water partition coefficient (Wildman–Crippen LogP) is 1.77. The summed E-state index contributed by atoms with van der Waals surface area (Å²) in [6.45, 7) is 3.24. The van der Waals surface area contributed by atoms with Gasteiger partial charge in [-0.25, -0.2) is 4.98 Å². The van der Waals surface area contributed by atoms with Gasteiger partial charge in [0.1, 0.15) is 10.7 Å². The third-order valence-corrected chi connectivity index (χ3v) is 3.80. The number of ether oxygens (including phenoxy) is 1. The molecule has 0 bridgehead atoms. The Bertz CT molecular complexity index is 370. The minimum Gasteiger partial charge on any atom is -0.381 e. The Balaban J connectivity index is 2.07. The molecule has 1 saturated heterocycles. The lowest BCUT2D eigenvalue weighted by molar-refractivity contribution is 0.0542. The molecule has 1 unspecified atom stereocenters. The number of thiazole rings is 1. The van der Waals surface area contributed by atoms with Gasteiger partial charge in [-0.15, -0.1) is 11.3 Å². The summed E-state index contributed by atoms with van der Waals surface area (Å²) in [7, 11) is 0. The molecule has 2 heterocycles. The highest BCUT2D eigenvalue weighted by Crippen LogP contribution is 2.23. The SMILES string of the molecule is CC(N)c1nc(C(=O)C2CCOCC2)cs1. The van der Waals surface area contributed by atoms with Gasteiger partial charge in [0.25, 0.3) is 0 Å². The van der Waals surface area contributed by atoms with Crippen molar-refractivity contribution in [1.82, 2.24) is 4.98 Å². The molecule has 4 nitrogen and oxygen atoms in total. The molecule has 0 radical (unpaired) electrons. The molecule has 0 spiro atoms. The van der Waals surface area contributed by atoms with E-state index in [-0.39, 0.29) is 17.7 Å². The van der Waals surface area contributed by atoms with E-state index in [1.54, 1.807) is 0 Å². The molecule has 0 aromatic carbocycles. The Hall–Kier alpha value is -0.780. The monoisotopic (exact) mass is 240 g/mol. The van der Waals surface area contributed by atoms with Crippen LogP contribution >= 0.6 is 11.3 Å². The molecule has 1 fully saturated rings. The summed E-state index contributed by atoms with van der Waals surface area (Å²) in [6, 6.07) is -0.0961. The molecule has 1 aromatic rings. The lowest BCUT2D eigenvalue weighted by Gasteiger charge is -2.19. The number of nitrogens with zero attached hydrogens (tertiary/aromatic N) is 1. The second-order valence-electron chi connectivity index (χ2n) is 4.11. The van der Waals surface area contributed by atoms with Gasteiger partial charge in [-0.1, -0.05) is 0 Å². The first-order valence-corrected chi connectivity index (χ1v) is 6.39. The Morgan fingerprint density at radius 1 is 1.62 bits per heavy atom. The zero-order chi connectivity index (χ0) is 11.5. The Morgan fingerprint density at radius 3 is 2.88 bits per heavy atom. The van der Waals surface area contributed by atoms with Crippen LogP contribution in [-0.2, 0) is 4.74 Å². The molecule has 0 saturated carbocycles. The third-order valence-electron chi connectivity index (χ3n) is 2.76. The van der Waals surface area contributed by atoms with Crippen molar-refractivity contribution < 1.29 is 9.53 Å². The number of carbonyl (C=O) groups excluding carboxylic acids is 1. The Kier molecular flexibility index (Phi) is 3.68. The van der Waals surface area contributed by atoms with Crippen LogP contribution < -0.4 is 5.73 Å². The second kappa shape index (κ2) is 5.03. The van der Waals surface area contributed by atoms with Crippen LogP contribution in [0.3, 0.4) is 0 Å². The van der Waals surface area contributed by atoms with Crippen LogP contribution in [0.5, 0.6) is 0 Å². The highest BCUT2D eigenvalue weighted by Gasteiger charge is 2.24.